The van der Waals surface area contributed by atoms with Gasteiger partial charge in [-0.25, -0.2) is 19.4 Å². The number of aliphatic hydroxyl groups excluding tert-OH is 2. The van der Waals surface area contributed by atoms with E-state index in [2.05, 4.69) is 51.7 Å². The van der Waals surface area contributed by atoms with Gasteiger partial charge in [0, 0.05) is 53.9 Å². The minimum atomic E-state index is -1.49. The Hall–Kier alpha value is -5.93. The first-order valence-electron chi connectivity index (χ1n) is 17.6. The fourth-order valence-electron chi connectivity index (χ4n) is 5.57. The highest BCUT2D eigenvalue weighted by Crippen LogP contribution is 2.33. The molecule has 0 aliphatic carbocycles. The molecular weight excluding hydrogens is 688 g/mol. The molecule has 0 saturated carbocycles. The average molecular weight is 733 g/mol. The number of carbonyl (C=O) groups is 1. The molecule has 6 rings (SSSR count). The molecule has 0 spiro atoms. The SMILES string of the molecule is CC(C)(C)c1cc(NC(=O)Nc2ccc(OCc3ccnc(Nc4cncc(CCOC(O)CCC(O)O)n4)c3)c3ccccc23)n(-c2ccccc2)n1. The van der Waals surface area contributed by atoms with E-state index in [4.69, 9.17) is 24.8 Å². The van der Waals surface area contributed by atoms with Gasteiger partial charge in [0.2, 0.25) is 0 Å². The van der Waals surface area contributed by atoms with Crippen molar-refractivity contribution < 1.29 is 29.6 Å². The Bertz CT molecular complexity index is 2170. The van der Waals surface area contributed by atoms with E-state index >= 15 is 0 Å². The van der Waals surface area contributed by atoms with Gasteiger partial charge in [-0.2, -0.15) is 5.10 Å². The standard InChI is InChI=1S/C40H44N8O6/c1-40(2,3)33-22-36(48(47-33)28-9-5-4-6-10-28)46-39(52)44-31-13-14-32(30-12-8-7-11-29(30)31)54-25-26-17-19-42-34(21-26)45-35-24-41-23-27(43-35)18-20-53-38(51)16-15-37(49)50/h4-14,17,19,21-24,37-38,49-51H,15-16,18,20,25H2,1-3H3,(H,42,43,45)(H2,44,46,52). The number of nitrogens with one attached hydrogen (secondary N) is 3. The first-order chi connectivity index (χ1) is 26.0. The molecule has 280 valence electrons. The second-order valence-electron chi connectivity index (χ2n) is 13.6. The molecule has 0 aliphatic heterocycles. The van der Waals surface area contributed by atoms with Gasteiger partial charge < -0.3 is 35.4 Å². The van der Waals surface area contributed by atoms with Crippen LogP contribution in [0, 0.1) is 0 Å². The number of anilines is 4. The van der Waals surface area contributed by atoms with E-state index in [0.717, 1.165) is 27.7 Å². The molecule has 54 heavy (non-hydrogen) atoms. The summed E-state index contributed by atoms with van der Waals surface area (Å²) in [6.07, 6.45) is 2.80. The molecule has 2 amide bonds. The van der Waals surface area contributed by atoms with E-state index in [1.165, 1.54) is 0 Å². The molecule has 0 aliphatic rings. The molecular formula is C40H44N8O6. The number of pyridine rings is 1. The number of aliphatic hydroxyl groups is 3. The Labute approximate surface area is 312 Å². The van der Waals surface area contributed by atoms with Crippen molar-refractivity contribution in [2.24, 2.45) is 0 Å². The summed E-state index contributed by atoms with van der Waals surface area (Å²) in [7, 11) is 0. The molecule has 1 atom stereocenters. The van der Waals surface area contributed by atoms with Gasteiger partial charge in [0.25, 0.3) is 0 Å². The molecule has 3 aromatic carbocycles. The van der Waals surface area contributed by atoms with Crippen LogP contribution in [0.4, 0.5) is 27.9 Å². The first kappa shape index (κ1) is 37.8. The number of hydrogen-bond acceptors (Lipinski definition) is 11. The van der Waals surface area contributed by atoms with Crippen molar-refractivity contribution >= 4 is 39.9 Å². The second-order valence-corrected chi connectivity index (χ2v) is 13.6. The maximum Gasteiger partial charge on any atom is 0.324 e. The van der Waals surface area contributed by atoms with Gasteiger partial charge in [0.15, 0.2) is 12.6 Å². The van der Waals surface area contributed by atoms with Crippen LogP contribution in [0.5, 0.6) is 5.75 Å². The Morgan fingerprint density at radius 1 is 0.870 bits per heavy atom. The highest BCUT2D eigenvalue weighted by Gasteiger charge is 2.22. The third kappa shape index (κ3) is 10.1. The number of rotatable bonds is 15. The number of nitrogens with zero attached hydrogens (tertiary/aromatic N) is 5. The van der Waals surface area contributed by atoms with Crippen molar-refractivity contribution in [2.45, 2.75) is 64.6 Å². The van der Waals surface area contributed by atoms with Gasteiger partial charge >= 0.3 is 6.03 Å². The Balaban J connectivity index is 1.09. The highest BCUT2D eigenvalue weighted by molar-refractivity contribution is 6.07. The molecule has 14 nitrogen and oxygen atoms in total. The lowest BCUT2D eigenvalue weighted by atomic mass is 9.92. The summed E-state index contributed by atoms with van der Waals surface area (Å²) in [5, 5.41) is 43.3. The quantitative estimate of drug-likeness (QED) is 0.0638. The van der Waals surface area contributed by atoms with Gasteiger partial charge in [-0.3, -0.25) is 10.3 Å². The molecule has 3 aromatic heterocycles. The van der Waals surface area contributed by atoms with Crippen LogP contribution >= 0.6 is 0 Å². The summed E-state index contributed by atoms with van der Waals surface area (Å²) in [6.45, 7) is 6.68. The van der Waals surface area contributed by atoms with Crippen molar-refractivity contribution in [3.63, 3.8) is 0 Å². The van der Waals surface area contributed by atoms with Crippen molar-refractivity contribution in [1.82, 2.24) is 24.7 Å². The summed E-state index contributed by atoms with van der Waals surface area (Å²) < 4.78 is 13.4. The fraction of sp³-hybridized carbons (Fsp3) is 0.275. The smallest absolute Gasteiger partial charge is 0.324 e. The third-order valence-corrected chi connectivity index (χ3v) is 8.35. The van der Waals surface area contributed by atoms with Crippen LogP contribution in [0.3, 0.4) is 0 Å². The lowest BCUT2D eigenvalue weighted by Gasteiger charge is -2.15. The van der Waals surface area contributed by atoms with Gasteiger partial charge in [0.1, 0.15) is 29.8 Å². The van der Waals surface area contributed by atoms with E-state index in [-0.39, 0.29) is 31.5 Å². The van der Waals surface area contributed by atoms with E-state index in [9.17, 15) is 9.90 Å². The number of hydrogen-bond donors (Lipinski definition) is 6. The predicted octanol–water partition coefficient (Wildman–Crippen LogP) is 6.44. The van der Waals surface area contributed by atoms with Crippen LogP contribution in [-0.2, 0) is 23.2 Å². The molecule has 0 saturated heterocycles. The number of carbonyl (C=O) groups excluding carboxylic acids is 1. The zero-order valence-corrected chi connectivity index (χ0v) is 30.3. The van der Waals surface area contributed by atoms with Crippen LogP contribution in [-0.4, -0.2) is 65.3 Å². The molecule has 6 N–H and O–H groups in total. The summed E-state index contributed by atoms with van der Waals surface area (Å²) in [5.74, 6) is 2.24. The molecule has 0 radical (unpaired) electrons. The minimum absolute atomic E-state index is 0.0155. The van der Waals surface area contributed by atoms with Crippen LogP contribution in [0.2, 0.25) is 0 Å². The molecule has 0 fully saturated rings. The van der Waals surface area contributed by atoms with Crippen LogP contribution in [0.25, 0.3) is 16.5 Å². The second kappa shape index (κ2) is 17.3. The molecule has 1 unspecified atom stereocenters. The van der Waals surface area contributed by atoms with Gasteiger partial charge in [0.05, 0.1) is 35.6 Å². The van der Waals surface area contributed by atoms with Crippen molar-refractivity contribution in [2.75, 3.05) is 22.6 Å². The number of fused-ring (bicyclic) bond motifs is 1. The number of para-hydroxylation sites is 1. The van der Waals surface area contributed by atoms with Crippen molar-refractivity contribution in [3.8, 4) is 11.4 Å². The van der Waals surface area contributed by atoms with Gasteiger partial charge in [-0.15, -0.1) is 0 Å². The van der Waals surface area contributed by atoms with Gasteiger partial charge in [-0.1, -0.05) is 63.2 Å². The van der Waals surface area contributed by atoms with E-state index in [0.29, 0.717) is 41.0 Å². The lowest BCUT2D eigenvalue weighted by molar-refractivity contribution is -0.122. The first-order valence-corrected chi connectivity index (χ1v) is 17.6. The molecule has 3 heterocycles. The van der Waals surface area contributed by atoms with Crippen LogP contribution in [0.15, 0.2) is 104 Å². The number of benzene rings is 3. The Morgan fingerprint density at radius 3 is 2.43 bits per heavy atom. The van der Waals surface area contributed by atoms with Gasteiger partial charge in [-0.05, 0) is 42.0 Å². The van der Waals surface area contributed by atoms with Crippen LogP contribution < -0.4 is 20.7 Å². The summed E-state index contributed by atoms with van der Waals surface area (Å²) in [6, 6.07) is 26.3. The molecule has 6 aromatic rings. The third-order valence-electron chi connectivity index (χ3n) is 8.35. The zero-order chi connectivity index (χ0) is 38.1. The molecule has 0 bridgehead atoms. The monoisotopic (exact) mass is 732 g/mol. The summed E-state index contributed by atoms with van der Waals surface area (Å²) in [4.78, 5) is 26.6. The Morgan fingerprint density at radius 2 is 1.65 bits per heavy atom. The fourth-order valence-corrected chi connectivity index (χ4v) is 5.57. The largest absolute Gasteiger partial charge is 0.488 e. The minimum Gasteiger partial charge on any atom is -0.488 e. The van der Waals surface area contributed by atoms with E-state index < -0.39 is 18.6 Å². The Kier molecular flexibility index (Phi) is 12.1. The maximum absolute atomic E-state index is 13.4. The van der Waals surface area contributed by atoms with Crippen molar-refractivity contribution in [3.05, 3.63) is 120 Å². The number of urea groups is 1. The van der Waals surface area contributed by atoms with E-state index in [1.54, 1.807) is 23.3 Å². The maximum atomic E-state index is 13.4. The normalized spacial score (nSPS) is 12.1. The van der Waals surface area contributed by atoms with Crippen LogP contribution in [0.1, 0.15) is 50.6 Å². The zero-order valence-electron chi connectivity index (χ0n) is 30.3. The summed E-state index contributed by atoms with van der Waals surface area (Å²) >= 11 is 0. The topological polar surface area (TPSA) is 189 Å². The predicted molar refractivity (Wildman–Crippen MR) is 206 cm³/mol. The highest BCUT2D eigenvalue weighted by atomic mass is 16.6. The lowest BCUT2D eigenvalue weighted by Crippen LogP contribution is -2.21. The summed E-state index contributed by atoms with van der Waals surface area (Å²) in [5.41, 5.74) is 3.60. The molecule has 14 heteroatoms. The van der Waals surface area contributed by atoms with Crippen molar-refractivity contribution in [1.29, 1.82) is 0 Å². The average Bonchev–Trinajstić information content (AvgIpc) is 3.59. The van der Waals surface area contributed by atoms with E-state index in [1.807, 2.05) is 84.9 Å². The number of ether oxygens (including phenoxy) is 2. The number of aromatic nitrogens is 5. The number of amides is 2.